The number of aromatic nitrogens is 2. The Labute approximate surface area is 193 Å². The predicted molar refractivity (Wildman–Crippen MR) is 127 cm³/mol. The van der Waals surface area contributed by atoms with Gasteiger partial charge in [0.15, 0.2) is 17.3 Å². The molecular weight excluding hydrogens is 420 g/mol. The highest BCUT2D eigenvalue weighted by Gasteiger charge is 2.23. The lowest BCUT2D eigenvalue weighted by atomic mass is 10.0. The third-order valence-corrected chi connectivity index (χ3v) is 5.89. The highest BCUT2D eigenvalue weighted by Crippen LogP contribution is 2.28. The molecule has 1 unspecified atom stereocenters. The van der Waals surface area contributed by atoms with Gasteiger partial charge in [-0.25, -0.2) is 0 Å². The maximum absolute atomic E-state index is 12.7. The highest BCUT2D eigenvalue weighted by atomic mass is 16.5. The lowest BCUT2D eigenvalue weighted by Crippen LogP contribution is -2.48. The molecule has 1 aromatic heterocycles. The van der Waals surface area contributed by atoms with E-state index in [9.17, 15) is 4.79 Å². The van der Waals surface area contributed by atoms with Gasteiger partial charge in [0.1, 0.15) is 5.75 Å². The molecule has 1 aliphatic rings. The van der Waals surface area contributed by atoms with Crippen molar-refractivity contribution in [3.8, 4) is 28.5 Å². The van der Waals surface area contributed by atoms with Crippen molar-refractivity contribution in [3.05, 3.63) is 54.1 Å². The van der Waals surface area contributed by atoms with E-state index < -0.39 is 0 Å². The Bertz CT molecular complexity index is 1080. The summed E-state index contributed by atoms with van der Waals surface area (Å²) in [6.45, 7) is 1.64. The molecule has 0 spiro atoms. The number of nitrogens with zero attached hydrogens (tertiary/aromatic N) is 2. The van der Waals surface area contributed by atoms with E-state index in [-0.39, 0.29) is 11.9 Å². The van der Waals surface area contributed by atoms with Crippen LogP contribution in [0.4, 0.5) is 5.82 Å². The number of rotatable bonds is 8. The number of carbonyl (C=O) groups is 1. The van der Waals surface area contributed by atoms with Gasteiger partial charge in [-0.2, -0.15) is 5.10 Å². The number of ether oxygens (including phenoxy) is 3. The third-order valence-electron chi connectivity index (χ3n) is 5.89. The zero-order valence-electron chi connectivity index (χ0n) is 19.3. The number of hydrogen-bond acceptors (Lipinski definition) is 6. The minimum Gasteiger partial charge on any atom is -0.497 e. The summed E-state index contributed by atoms with van der Waals surface area (Å²) in [7, 11) is 4.84. The molecule has 1 aliphatic heterocycles. The normalized spacial score (nSPS) is 15.7. The molecule has 2 aromatic carbocycles. The second kappa shape index (κ2) is 10.3. The zero-order chi connectivity index (χ0) is 23.2. The van der Waals surface area contributed by atoms with Crippen LogP contribution >= 0.6 is 0 Å². The molecule has 174 valence electrons. The number of amides is 1. The molecule has 3 aromatic rings. The van der Waals surface area contributed by atoms with Crippen LogP contribution in [0, 0.1) is 0 Å². The van der Waals surface area contributed by atoms with E-state index in [4.69, 9.17) is 14.2 Å². The summed E-state index contributed by atoms with van der Waals surface area (Å²) in [6, 6.07) is 15.5. The van der Waals surface area contributed by atoms with Crippen LogP contribution in [0.25, 0.3) is 11.3 Å². The molecule has 4 rings (SSSR count). The van der Waals surface area contributed by atoms with Gasteiger partial charge in [-0.15, -0.1) is 0 Å². The van der Waals surface area contributed by atoms with Crippen molar-refractivity contribution in [1.82, 2.24) is 15.5 Å². The SMILES string of the molecule is COc1ccc(-c2cc(N3CCCC(NC(=O)Cc4ccc(OC)c(OC)c4)C3)n[nH]2)cc1. The second-order valence-electron chi connectivity index (χ2n) is 8.09. The van der Waals surface area contributed by atoms with Crippen molar-refractivity contribution in [2.45, 2.75) is 25.3 Å². The largest absolute Gasteiger partial charge is 0.497 e. The van der Waals surface area contributed by atoms with Crippen LogP contribution in [0.15, 0.2) is 48.5 Å². The van der Waals surface area contributed by atoms with Crippen molar-refractivity contribution >= 4 is 11.7 Å². The molecule has 1 fully saturated rings. The first kappa shape index (κ1) is 22.5. The lowest BCUT2D eigenvalue weighted by molar-refractivity contribution is -0.121. The molecule has 2 N–H and O–H groups in total. The molecule has 8 nitrogen and oxygen atoms in total. The summed E-state index contributed by atoms with van der Waals surface area (Å²) >= 11 is 0. The Balaban J connectivity index is 1.36. The van der Waals surface area contributed by atoms with Gasteiger partial charge in [-0.05, 0) is 60.4 Å². The van der Waals surface area contributed by atoms with Crippen LogP contribution in [0.3, 0.4) is 0 Å². The Kier molecular flexibility index (Phi) is 7.02. The Morgan fingerprint density at radius 1 is 1.06 bits per heavy atom. The average molecular weight is 451 g/mol. The summed E-state index contributed by atoms with van der Waals surface area (Å²) in [4.78, 5) is 14.9. The van der Waals surface area contributed by atoms with Crippen molar-refractivity contribution in [2.75, 3.05) is 39.3 Å². The summed E-state index contributed by atoms with van der Waals surface area (Å²) in [6.07, 6.45) is 2.23. The van der Waals surface area contributed by atoms with Crippen LogP contribution in [-0.4, -0.2) is 56.6 Å². The number of methoxy groups -OCH3 is 3. The van der Waals surface area contributed by atoms with Crippen LogP contribution in [0.2, 0.25) is 0 Å². The van der Waals surface area contributed by atoms with Crippen molar-refractivity contribution in [2.24, 2.45) is 0 Å². The summed E-state index contributed by atoms with van der Waals surface area (Å²) in [5.74, 6) is 2.98. The van der Waals surface area contributed by atoms with E-state index in [1.165, 1.54) is 0 Å². The van der Waals surface area contributed by atoms with E-state index in [0.717, 1.165) is 54.3 Å². The minimum absolute atomic E-state index is 0.00461. The molecule has 1 saturated heterocycles. The molecule has 0 saturated carbocycles. The van der Waals surface area contributed by atoms with Gasteiger partial charge >= 0.3 is 0 Å². The van der Waals surface area contributed by atoms with Crippen molar-refractivity contribution in [3.63, 3.8) is 0 Å². The summed E-state index contributed by atoms with van der Waals surface area (Å²) < 4.78 is 15.8. The first-order valence-corrected chi connectivity index (χ1v) is 11.0. The molecular formula is C25H30N4O4. The lowest BCUT2D eigenvalue weighted by Gasteiger charge is -2.33. The van der Waals surface area contributed by atoms with Gasteiger partial charge in [-0.1, -0.05) is 6.07 Å². The fourth-order valence-corrected chi connectivity index (χ4v) is 4.15. The first-order chi connectivity index (χ1) is 16.1. The molecule has 0 aliphatic carbocycles. The van der Waals surface area contributed by atoms with Gasteiger partial charge < -0.3 is 24.4 Å². The van der Waals surface area contributed by atoms with Gasteiger partial charge in [0.05, 0.1) is 33.4 Å². The molecule has 0 radical (unpaired) electrons. The molecule has 2 heterocycles. The predicted octanol–water partition coefficient (Wildman–Crippen LogP) is 3.43. The number of piperidine rings is 1. The standard InChI is InChI=1S/C25H30N4O4/c1-31-20-9-7-18(8-10-20)21-15-24(28-27-21)29-12-4-5-19(16-29)26-25(30)14-17-6-11-22(32-2)23(13-17)33-3/h6-11,13,15,19H,4-5,12,14,16H2,1-3H3,(H,26,30)(H,27,28). The molecule has 0 bridgehead atoms. The highest BCUT2D eigenvalue weighted by molar-refractivity contribution is 5.79. The zero-order valence-corrected chi connectivity index (χ0v) is 19.3. The Morgan fingerprint density at radius 2 is 1.85 bits per heavy atom. The number of aromatic amines is 1. The number of H-pyrrole nitrogens is 1. The maximum Gasteiger partial charge on any atom is 0.224 e. The summed E-state index contributed by atoms with van der Waals surface area (Å²) in [5, 5.41) is 10.8. The van der Waals surface area contributed by atoms with E-state index >= 15 is 0 Å². The van der Waals surface area contributed by atoms with Gasteiger partial charge in [-0.3, -0.25) is 9.89 Å². The summed E-state index contributed by atoms with van der Waals surface area (Å²) in [5.41, 5.74) is 2.88. The van der Waals surface area contributed by atoms with Gasteiger partial charge in [0.25, 0.3) is 0 Å². The number of carbonyl (C=O) groups excluding carboxylic acids is 1. The fraction of sp³-hybridized carbons (Fsp3) is 0.360. The molecule has 8 heteroatoms. The Hall–Kier alpha value is -3.68. The number of hydrogen-bond donors (Lipinski definition) is 2. The third kappa shape index (κ3) is 5.39. The second-order valence-corrected chi connectivity index (χ2v) is 8.09. The van der Waals surface area contributed by atoms with E-state index in [0.29, 0.717) is 17.9 Å². The van der Waals surface area contributed by atoms with Crippen LogP contribution in [0.1, 0.15) is 18.4 Å². The van der Waals surface area contributed by atoms with Crippen LogP contribution in [-0.2, 0) is 11.2 Å². The topological polar surface area (TPSA) is 88.7 Å². The smallest absolute Gasteiger partial charge is 0.224 e. The van der Waals surface area contributed by atoms with Crippen molar-refractivity contribution in [1.29, 1.82) is 0 Å². The molecule has 33 heavy (non-hydrogen) atoms. The van der Waals surface area contributed by atoms with Gasteiger partial charge in [0, 0.05) is 25.2 Å². The monoisotopic (exact) mass is 450 g/mol. The molecule has 1 atom stereocenters. The number of nitrogens with one attached hydrogen (secondary N) is 2. The minimum atomic E-state index is -0.00461. The number of anilines is 1. The first-order valence-electron chi connectivity index (χ1n) is 11.0. The van der Waals surface area contributed by atoms with Crippen molar-refractivity contribution < 1.29 is 19.0 Å². The fourth-order valence-electron chi connectivity index (χ4n) is 4.15. The van der Waals surface area contributed by atoms with Crippen LogP contribution in [0.5, 0.6) is 17.2 Å². The molecule has 1 amide bonds. The number of benzene rings is 2. The maximum atomic E-state index is 12.7. The quantitative estimate of drug-likeness (QED) is 0.547. The Morgan fingerprint density at radius 3 is 2.58 bits per heavy atom. The van der Waals surface area contributed by atoms with E-state index in [1.54, 1.807) is 21.3 Å². The average Bonchev–Trinajstić information content (AvgIpc) is 3.34. The van der Waals surface area contributed by atoms with Gasteiger partial charge in [0.2, 0.25) is 5.91 Å². The van der Waals surface area contributed by atoms with E-state index in [1.807, 2.05) is 42.5 Å². The van der Waals surface area contributed by atoms with E-state index in [2.05, 4.69) is 26.5 Å². The van der Waals surface area contributed by atoms with Crippen LogP contribution < -0.4 is 24.4 Å².